The van der Waals surface area contributed by atoms with Crippen LogP contribution in [0.2, 0.25) is 0 Å². The molecule has 0 radical (unpaired) electrons. The molecule has 2 atom stereocenters. The van der Waals surface area contributed by atoms with Crippen molar-refractivity contribution < 1.29 is 9.53 Å². The van der Waals surface area contributed by atoms with Crippen LogP contribution in [-0.4, -0.2) is 37.1 Å². The number of hydrogen-bond acceptors (Lipinski definition) is 2. The van der Waals surface area contributed by atoms with Crippen LogP contribution in [0.3, 0.4) is 0 Å². The topological polar surface area (TPSA) is 29.5 Å². The molecule has 0 spiro atoms. The molecular weight excluding hydrogens is 190 g/mol. The smallest absolute Gasteiger partial charge is 0.225 e. The molecule has 1 rings (SSSR count). The number of carbonyl (C=O) groups is 1. The Morgan fingerprint density at radius 1 is 1.60 bits per heavy atom. The van der Waals surface area contributed by atoms with E-state index in [4.69, 9.17) is 4.74 Å². The molecule has 3 heteroatoms. The summed E-state index contributed by atoms with van der Waals surface area (Å²) in [4.78, 5) is 13.9. The van der Waals surface area contributed by atoms with Crippen LogP contribution >= 0.6 is 0 Å². The van der Waals surface area contributed by atoms with Crippen molar-refractivity contribution in [3.8, 4) is 0 Å². The number of methoxy groups -OCH3 is 1. The first kappa shape index (κ1) is 12.5. The van der Waals surface area contributed by atoms with Crippen LogP contribution in [0.25, 0.3) is 0 Å². The van der Waals surface area contributed by atoms with E-state index in [9.17, 15) is 4.79 Å². The first-order chi connectivity index (χ1) is 6.86. The fourth-order valence-corrected chi connectivity index (χ4v) is 1.94. The molecule has 0 bridgehead atoms. The minimum absolute atomic E-state index is 0.0246. The molecule has 0 N–H and O–H groups in total. The summed E-state index contributed by atoms with van der Waals surface area (Å²) in [5, 5.41) is 0. The number of carbonyl (C=O) groups excluding carboxylic acids is 1. The number of ether oxygens (including phenoxy) is 1. The molecule has 1 heterocycles. The lowest BCUT2D eigenvalue weighted by Gasteiger charge is -2.22. The summed E-state index contributed by atoms with van der Waals surface area (Å²) < 4.78 is 5.11. The molecule has 15 heavy (non-hydrogen) atoms. The van der Waals surface area contributed by atoms with Crippen molar-refractivity contribution in [1.82, 2.24) is 4.90 Å². The number of rotatable bonds is 3. The number of amides is 1. The Kier molecular flexibility index (Phi) is 3.77. The highest BCUT2D eigenvalue weighted by Crippen LogP contribution is 2.34. The molecule has 88 valence electrons. The van der Waals surface area contributed by atoms with Gasteiger partial charge in [0.15, 0.2) is 0 Å². The monoisotopic (exact) mass is 213 g/mol. The van der Waals surface area contributed by atoms with Gasteiger partial charge in [-0.25, -0.2) is 0 Å². The van der Waals surface area contributed by atoms with Crippen molar-refractivity contribution in [3.05, 3.63) is 0 Å². The van der Waals surface area contributed by atoms with Crippen molar-refractivity contribution in [2.75, 3.05) is 20.2 Å². The van der Waals surface area contributed by atoms with Crippen molar-refractivity contribution in [3.63, 3.8) is 0 Å². The third kappa shape index (κ3) is 2.94. The molecular formula is C12H23NO2. The van der Waals surface area contributed by atoms with E-state index in [0.717, 1.165) is 13.1 Å². The lowest BCUT2D eigenvalue weighted by atomic mass is 9.84. The fourth-order valence-electron chi connectivity index (χ4n) is 1.94. The van der Waals surface area contributed by atoms with Gasteiger partial charge in [-0.2, -0.15) is 0 Å². The Morgan fingerprint density at radius 2 is 2.20 bits per heavy atom. The van der Waals surface area contributed by atoms with Gasteiger partial charge in [-0.05, 0) is 18.3 Å². The van der Waals surface area contributed by atoms with E-state index in [2.05, 4.69) is 20.8 Å². The van der Waals surface area contributed by atoms with E-state index in [1.165, 1.54) is 0 Å². The third-order valence-electron chi connectivity index (χ3n) is 3.64. The maximum absolute atomic E-state index is 11.9. The van der Waals surface area contributed by atoms with Crippen LogP contribution < -0.4 is 0 Å². The zero-order valence-electron chi connectivity index (χ0n) is 10.5. The second-order valence-electron chi connectivity index (χ2n) is 5.41. The zero-order valence-corrected chi connectivity index (χ0v) is 10.5. The lowest BCUT2D eigenvalue weighted by Crippen LogP contribution is -2.32. The summed E-state index contributed by atoms with van der Waals surface area (Å²) in [7, 11) is 1.65. The second kappa shape index (κ2) is 4.52. The van der Waals surface area contributed by atoms with Crippen LogP contribution in [0.4, 0.5) is 0 Å². The molecule has 0 aromatic heterocycles. The van der Waals surface area contributed by atoms with Crippen LogP contribution in [0.1, 0.15) is 34.1 Å². The van der Waals surface area contributed by atoms with Crippen LogP contribution in [0.5, 0.6) is 0 Å². The predicted molar refractivity (Wildman–Crippen MR) is 60.6 cm³/mol. The molecule has 0 aromatic carbocycles. The summed E-state index contributed by atoms with van der Waals surface area (Å²) >= 11 is 0. The third-order valence-corrected chi connectivity index (χ3v) is 3.64. The second-order valence-corrected chi connectivity index (χ2v) is 5.41. The Bertz CT molecular complexity index is 238. The maximum atomic E-state index is 11.9. The highest BCUT2D eigenvalue weighted by molar-refractivity contribution is 5.77. The normalized spacial score (nSPS) is 26.7. The van der Waals surface area contributed by atoms with Gasteiger partial charge < -0.3 is 9.64 Å². The van der Waals surface area contributed by atoms with Gasteiger partial charge in [0, 0.05) is 20.2 Å². The maximum Gasteiger partial charge on any atom is 0.225 e. The average Bonchev–Trinajstić information content (AvgIpc) is 2.41. The first-order valence-electron chi connectivity index (χ1n) is 5.67. The molecule has 0 unspecified atom stereocenters. The molecule has 0 saturated carbocycles. The van der Waals surface area contributed by atoms with E-state index < -0.39 is 0 Å². The van der Waals surface area contributed by atoms with Crippen LogP contribution in [0.15, 0.2) is 0 Å². The predicted octanol–water partition coefficient (Wildman–Crippen LogP) is 1.92. The van der Waals surface area contributed by atoms with Gasteiger partial charge in [0.25, 0.3) is 0 Å². The van der Waals surface area contributed by atoms with Crippen LogP contribution in [0, 0.1) is 11.3 Å². The summed E-state index contributed by atoms with van der Waals surface area (Å²) in [5.41, 5.74) is 0.256. The molecule has 1 fully saturated rings. The van der Waals surface area contributed by atoms with E-state index in [1.807, 2.05) is 11.8 Å². The van der Waals surface area contributed by atoms with Crippen molar-refractivity contribution in [1.29, 1.82) is 0 Å². The van der Waals surface area contributed by atoms with Crippen LogP contribution in [-0.2, 0) is 9.53 Å². The Hall–Kier alpha value is -0.570. The molecule has 1 amide bonds. The molecule has 1 aliphatic rings. The molecule has 1 aliphatic heterocycles. The summed E-state index contributed by atoms with van der Waals surface area (Å²) in [6, 6.07) is 0. The van der Waals surface area contributed by atoms with Gasteiger partial charge in [-0.3, -0.25) is 4.79 Å². The largest absolute Gasteiger partial charge is 0.381 e. The Morgan fingerprint density at radius 3 is 2.60 bits per heavy atom. The van der Waals surface area contributed by atoms with Gasteiger partial charge >= 0.3 is 0 Å². The number of likely N-dealkylation sites (tertiary alicyclic amines) is 1. The molecule has 3 nitrogen and oxygen atoms in total. The van der Waals surface area contributed by atoms with Gasteiger partial charge in [0.1, 0.15) is 0 Å². The van der Waals surface area contributed by atoms with Gasteiger partial charge in [0.2, 0.25) is 5.91 Å². The summed E-state index contributed by atoms with van der Waals surface area (Å²) in [6.07, 6.45) is 0.524. The summed E-state index contributed by atoms with van der Waals surface area (Å²) in [6.45, 7) is 10.4. The quantitative estimate of drug-likeness (QED) is 0.717. The molecule has 0 aromatic rings. The van der Waals surface area contributed by atoms with Gasteiger partial charge in [0.05, 0.1) is 12.5 Å². The van der Waals surface area contributed by atoms with Gasteiger partial charge in [-0.15, -0.1) is 0 Å². The van der Waals surface area contributed by atoms with E-state index in [1.54, 1.807) is 7.11 Å². The average molecular weight is 213 g/mol. The Labute approximate surface area is 92.8 Å². The van der Waals surface area contributed by atoms with Crippen molar-refractivity contribution in [2.24, 2.45) is 11.3 Å². The summed E-state index contributed by atoms with van der Waals surface area (Å²) in [5.74, 6) is 0.807. The molecule has 1 saturated heterocycles. The SMILES string of the molecule is CO[C@H](C)CC(=O)N1C[C@H](C)C(C)(C)C1. The van der Waals surface area contributed by atoms with E-state index in [-0.39, 0.29) is 17.4 Å². The minimum Gasteiger partial charge on any atom is -0.381 e. The first-order valence-corrected chi connectivity index (χ1v) is 5.67. The number of nitrogens with zero attached hydrogens (tertiary/aromatic N) is 1. The zero-order chi connectivity index (χ0) is 11.6. The van der Waals surface area contributed by atoms with E-state index in [0.29, 0.717) is 12.3 Å². The Balaban J connectivity index is 2.50. The highest BCUT2D eigenvalue weighted by atomic mass is 16.5. The standard InChI is InChI=1S/C12H23NO2/c1-9-7-13(8-12(9,3)4)11(14)6-10(2)15-5/h9-10H,6-8H2,1-5H3/t9-,10+/m0/s1. The van der Waals surface area contributed by atoms with Crippen molar-refractivity contribution >= 4 is 5.91 Å². The fraction of sp³-hybridized carbons (Fsp3) is 0.917. The van der Waals surface area contributed by atoms with Crippen molar-refractivity contribution in [2.45, 2.75) is 40.2 Å². The van der Waals surface area contributed by atoms with E-state index >= 15 is 0 Å². The highest BCUT2D eigenvalue weighted by Gasteiger charge is 2.38. The lowest BCUT2D eigenvalue weighted by molar-refractivity contribution is -0.132. The van der Waals surface area contributed by atoms with Gasteiger partial charge in [-0.1, -0.05) is 20.8 Å². The number of hydrogen-bond donors (Lipinski definition) is 0. The molecule has 0 aliphatic carbocycles. The minimum atomic E-state index is 0.0246.